The fourth-order valence-corrected chi connectivity index (χ4v) is 4.17. The summed E-state index contributed by atoms with van der Waals surface area (Å²) in [5.41, 5.74) is 5.66. The monoisotopic (exact) mass is 438 g/mol. The molecule has 2 aromatic heterocycles. The van der Waals surface area contributed by atoms with Crippen molar-refractivity contribution in [3.05, 3.63) is 83.7 Å². The normalized spacial score (nSPS) is 11.2. The SMILES string of the molecule is CCCc1nc2cccc(C(=O)O)c2n1Cc1ccc(-c2ccccc2-c2nn[nH]n2)cc1. The average molecular weight is 438 g/mol. The molecule has 0 saturated heterocycles. The third kappa shape index (κ3) is 3.87. The van der Waals surface area contributed by atoms with E-state index in [0.29, 0.717) is 23.4 Å². The van der Waals surface area contributed by atoms with E-state index in [-0.39, 0.29) is 5.56 Å². The number of aryl methyl sites for hydroxylation is 1. The molecule has 0 saturated carbocycles. The van der Waals surface area contributed by atoms with Crippen LogP contribution in [0.1, 0.15) is 35.1 Å². The number of nitrogens with one attached hydrogen (secondary N) is 1. The molecule has 0 radical (unpaired) electrons. The van der Waals surface area contributed by atoms with Gasteiger partial charge in [0.15, 0.2) is 0 Å². The number of H-pyrrole nitrogens is 1. The summed E-state index contributed by atoms with van der Waals surface area (Å²) in [5, 5.41) is 24.1. The van der Waals surface area contributed by atoms with Crippen LogP contribution in [-0.4, -0.2) is 41.3 Å². The van der Waals surface area contributed by atoms with Crippen molar-refractivity contribution in [3.63, 3.8) is 0 Å². The largest absolute Gasteiger partial charge is 0.478 e. The van der Waals surface area contributed by atoms with E-state index >= 15 is 0 Å². The highest BCUT2D eigenvalue weighted by Crippen LogP contribution is 2.30. The number of hydrogen-bond acceptors (Lipinski definition) is 5. The number of hydrogen-bond donors (Lipinski definition) is 2. The number of carboxylic acid groups (broad SMARTS) is 1. The summed E-state index contributed by atoms with van der Waals surface area (Å²) < 4.78 is 2.03. The van der Waals surface area contributed by atoms with Crippen molar-refractivity contribution < 1.29 is 9.90 Å². The highest BCUT2D eigenvalue weighted by atomic mass is 16.4. The molecular weight excluding hydrogens is 416 g/mol. The molecule has 5 rings (SSSR count). The van der Waals surface area contributed by atoms with Crippen molar-refractivity contribution in [2.75, 3.05) is 0 Å². The second kappa shape index (κ2) is 8.66. The number of imidazole rings is 1. The lowest BCUT2D eigenvalue weighted by Gasteiger charge is -2.12. The Morgan fingerprint density at radius 3 is 2.48 bits per heavy atom. The fourth-order valence-electron chi connectivity index (χ4n) is 4.17. The highest BCUT2D eigenvalue weighted by Gasteiger charge is 2.18. The zero-order chi connectivity index (χ0) is 22.8. The van der Waals surface area contributed by atoms with Crippen LogP contribution in [0.4, 0.5) is 0 Å². The molecule has 8 heteroatoms. The molecule has 0 atom stereocenters. The van der Waals surface area contributed by atoms with E-state index in [1.165, 1.54) is 0 Å². The number of aromatic nitrogens is 6. The van der Waals surface area contributed by atoms with E-state index in [0.717, 1.165) is 40.9 Å². The first kappa shape index (κ1) is 20.6. The Labute approximate surface area is 189 Å². The Kier molecular flexibility index (Phi) is 5.40. The average Bonchev–Trinajstić information content (AvgIpc) is 3.49. The minimum Gasteiger partial charge on any atom is -0.478 e. The number of nitrogens with zero attached hydrogens (tertiary/aromatic N) is 5. The second-order valence-electron chi connectivity index (χ2n) is 7.82. The Balaban J connectivity index is 1.53. The van der Waals surface area contributed by atoms with Crippen LogP contribution in [0, 0.1) is 0 Å². The summed E-state index contributed by atoms with van der Waals surface area (Å²) in [7, 11) is 0. The lowest BCUT2D eigenvalue weighted by atomic mass is 9.98. The van der Waals surface area contributed by atoms with Crippen LogP contribution in [0.3, 0.4) is 0 Å². The zero-order valence-electron chi connectivity index (χ0n) is 18.1. The fraction of sp³-hybridized carbons (Fsp3) is 0.160. The molecule has 5 aromatic rings. The van der Waals surface area contributed by atoms with E-state index < -0.39 is 5.97 Å². The first-order valence-electron chi connectivity index (χ1n) is 10.8. The number of benzene rings is 3. The predicted molar refractivity (Wildman–Crippen MR) is 125 cm³/mol. The maximum absolute atomic E-state index is 11.9. The molecular formula is C25H22N6O2. The van der Waals surface area contributed by atoms with Gasteiger partial charge in [0, 0.05) is 18.5 Å². The maximum Gasteiger partial charge on any atom is 0.337 e. The molecule has 3 aromatic carbocycles. The van der Waals surface area contributed by atoms with E-state index in [4.69, 9.17) is 4.98 Å². The van der Waals surface area contributed by atoms with E-state index in [2.05, 4.69) is 51.8 Å². The van der Waals surface area contributed by atoms with Gasteiger partial charge in [-0.1, -0.05) is 61.5 Å². The molecule has 8 nitrogen and oxygen atoms in total. The molecule has 0 aliphatic carbocycles. The number of rotatable bonds is 7. The Bertz CT molecular complexity index is 1420. The molecule has 2 heterocycles. The number of fused-ring (bicyclic) bond motifs is 1. The molecule has 0 bridgehead atoms. The van der Waals surface area contributed by atoms with Crippen LogP contribution in [0.2, 0.25) is 0 Å². The van der Waals surface area contributed by atoms with E-state index in [1.54, 1.807) is 12.1 Å². The van der Waals surface area contributed by atoms with E-state index in [1.807, 2.05) is 34.9 Å². The van der Waals surface area contributed by atoms with Gasteiger partial charge in [0.1, 0.15) is 5.82 Å². The van der Waals surface area contributed by atoms with Crippen molar-refractivity contribution in [1.82, 2.24) is 30.2 Å². The second-order valence-corrected chi connectivity index (χ2v) is 7.82. The van der Waals surface area contributed by atoms with Crippen molar-refractivity contribution in [2.45, 2.75) is 26.3 Å². The minimum absolute atomic E-state index is 0.271. The number of aromatic carboxylic acids is 1. The van der Waals surface area contributed by atoms with Gasteiger partial charge in [0.2, 0.25) is 5.82 Å². The van der Waals surface area contributed by atoms with Gasteiger partial charge >= 0.3 is 5.97 Å². The number of para-hydroxylation sites is 1. The number of aromatic amines is 1. The Hall–Kier alpha value is -4.33. The van der Waals surface area contributed by atoms with Gasteiger partial charge in [-0.05, 0) is 40.5 Å². The summed E-state index contributed by atoms with van der Waals surface area (Å²) in [6.45, 7) is 2.64. The maximum atomic E-state index is 11.9. The zero-order valence-corrected chi connectivity index (χ0v) is 18.1. The van der Waals surface area contributed by atoms with Gasteiger partial charge in [-0.25, -0.2) is 9.78 Å². The van der Waals surface area contributed by atoms with Crippen LogP contribution in [0.15, 0.2) is 66.7 Å². The Morgan fingerprint density at radius 1 is 1.00 bits per heavy atom. The molecule has 2 N–H and O–H groups in total. The first-order chi connectivity index (χ1) is 16.2. The van der Waals surface area contributed by atoms with Gasteiger partial charge in [-0.15, -0.1) is 10.2 Å². The quantitative estimate of drug-likeness (QED) is 0.385. The summed E-state index contributed by atoms with van der Waals surface area (Å²) >= 11 is 0. The van der Waals surface area contributed by atoms with Crippen molar-refractivity contribution in [1.29, 1.82) is 0 Å². The Morgan fingerprint density at radius 2 is 1.79 bits per heavy atom. The molecule has 164 valence electrons. The molecule has 0 amide bonds. The molecule has 0 unspecified atom stereocenters. The molecule has 33 heavy (non-hydrogen) atoms. The number of tetrazole rings is 1. The predicted octanol–water partition coefficient (Wildman–Crippen LogP) is 4.58. The van der Waals surface area contributed by atoms with Crippen LogP contribution >= 0.6 is 0 Å². The van der Waals surface area contributed by atoms with Crippen molar-refractivity contribution >= 4 is 17.0 Å². The van der Waals surface area contributed by atoms with Gasteiger partial charge in [0.05, 0.1) is 16.6 Å². The summed E-state index contributed by atoms with van der Waals surface area (Å²) in [6.07, 6.45) is 1.71. The summed E-state index contributed by atoms with van der Waals surface area (Å²) in [5.74, 6) is 0.496. The summed E-state index contributed by atoms with van der Waals surface area (Å²) in [4.78, 5) is 16.6. The molecule has 0 aliphatic rings. The van der Waals surface area contributed by atoms with Gasteiger partial charge in [-0.3, -0.25) is 0 Å². The van der Waals surface area contributed by atoms with Crippen LogP contribution < -0.4 is 0 Å². The van der Waals surface area contributed by atoms with Crippen LogP contribution in [0.25, 0.3) is 33.5 Å². The van der Waals surface area contributed by atoms with E-state index in [9.17, 15) is 9.90 Å². The third-order valence-corrected chi connectivity index (χ3v) is 5.67. The molecule has 0 spiro atoms. The highest BCUT2D eigenvalue weighted by molar-refractivity contribution is 6.01. The lowest BCUT2D eigenvalue weighted by Crippen LogP contribution is -2.08. The van der Waals surface area contributed by atoms with Gasteiger partial charge in [-0.2, -0.15) is 5.21 Å². The first-order valence-corrected chi connectivity index (χ1v) is 10.8. The third-order valence-electron chi connectivity index (χ3n) is 5.67. The molecule has 0 fully saturated rings. The van der Waals surface area contributed by atoms with Gasteiger partial charge < -0.3 is 9.67 Å². The smallest absolute Gasteiger partial charge is 0.337 e. The van der Waals surface area contributed by atoms with Crippen LogP contribution in [0.5, 0.6) is 0 Å². The van der Waals surface area contributed by atoms with Crippen LogP contribution in [-0.2, 0) is 13.0 Å². The summed E-state index contributed by atoms with van der Waals surface area (Å²) in [6, 6.07) is 21.4. The standard InChI is InChI=1S/C25H22N6O2/c1-2-6-22-26-21-10-5-9-20(25(32)33)23(21)31(22)15-16-11-13-17(14-12-16)18-7-3-4-8-19(18)24-27-29-30-28-24/h3-5,7-14H,2,6,15H2,1H3,(H,32,33)(H,27,28,29,30). The van der Waals surface area contributed by atoms with Crippen molar-refractivity contribution in [2.24, 2.45) is 0 Å². The number of carbonyl (C=O) groups is 1. The molecule has 0 aliphatic heterocycles. The van der Waals surface area contributed by atoms with Gasteiger partial charge in [0.25, 0.3) is 0 Å². The number of carboxylic acids is 1. The topological polar surface area (TPSA) is 110 Å². The van der Waals surface area contributed by atoms with Crippen molar-refractivity contribution in [3.8, 4) is 22.5 Å². The lowest BCUT2D eigenvalue weighted by molar-refractivity contribution is 0.0698. The minimum atomic E-state index is -0.946.